The third-order valence-electron chi connectivity index (χ3n) is 5.76. The van der Waals surface area contributed by atoms with E-state index < -0.39 is 104 Å². The second-order valence-corrected chi connectivity index (χ2v) is 9.27. The van der Waals surface area contributed by atoms with Crippen molar-refractivity contribution in [2.75, 3.05) is 13.7 Å². The average Bonchev–Trinajstić information content (AvgIpc) is 2.86. The molecule has 17 heteroatoms. The number of aromatic hydroxyl groups is 3. The van der Waals surface area contributed by atoms with Gasteiger partial charge in [0.05, 0.1) is 13.7 Å². The van der Waals surface area contributed by atoms with Crippen LogP contribution in [0.25, 0.3) is 22.3 Å². The molecule has 0 spiro atoms. The van der Waals surface area contributed by atoms with Crippen LogP contribution in [0.3, 0.4) is 0 Å². The van der Waals surface area contributed by atoms with Crippen molar-refractivity contribution in [3.8, 4) is 45.8 Å². The molecule has 2 aromatic carbocycles. The van der Waals surface area contributed by atoms with Crippen LogP contribution in [0.2, 0.25) is 0 Å². The third-order valence-corrected chi connectivity index (χ3v) is 6.15. The van der Waals surface area contributed by atoms with E-state index in [0.29, 0.717) is 0 Å². The molecule has 212 valence electrons. The van der Waals surface area contributed by atoms with Crippen molar-refractivity contribution in [1.29, 1.82) is 0 Å². The van der Waals surface area contributed by atoms with Gasteiger partial charge in [-0.05, 0) is 18.2 Å². The monoisotopic (exact) mass is 574 g/mol. The second-order valence-electron chi connectivity index (χ2n) is 8.25. The Bertz CT molecular complexity index is 1560. The number of benzene rings is 2. The first-order valence-electron chi connectivity index (χ1n) is 10.8. The first-order chi connectivity index (χ1) is 18.3. The molecule has 3 aromatic rings. The van der Waals surface area contributed by atoms with E-state index in [-0.39, 0.29) is 5.56 Å². The number of phenols is 3. The zero-order valence-electron chi connectivity index (χ0n) is 19.7. The van der Waals surface area contributed by atoms with Crippen LogP contribution in [0.15, 0.2) is 33.5 Å². The molecular weight excluding hydrogens is 552 g/mol. The standard InChI is InChI=1S/C22H22O16S/c1-34-20-11(38-39(31,32)33)5-10-13(15(20)27)16(28)21(19(35-10)7-2-3-8(24)9(25)4-7)37-22-18(30)17(29)14(26)12(6-23)36-22/h2-5,12,14,17-18,22-27,29-30H,6H2,1H3,(H,31,32,33)/t12-,14-,17?,18?,22+/m1/s1. The molecule has 16 nitrogen and oxygen atoms in total. The number of hydrogen-bond donors (Lipinski definition) is 8. The van der Waals surface area contributed by atoms with Gasteiger partial charge in [-0.15, -0.1) is 0 Å². The molecule has 4 rings (SSSR count). The van der Waals surface area contributed by atoms with Crippen molar-refractivity contribution in [2.45, 2.75) is 30.7 Å². The van der Waals surface area contributed by atoms with Gasteiger partial charge in [0.1, 0.15) is 35.4 Å². The van der Waals surface area contributed by atoms with E-state index in [1.54, 1.807) is 0 Å². The van der Waals surface area contributed by atoms with Crippen LogP contribution in [0, 0.1) is 0 Å². The molecule has 0 radical (unpaired) electrons. The minimum Gasteiger partial charge on any atom is -0.504 e. The molecule has 2 heterocycles. The van der Waals surface area contributed by atoms with Crippen molar-refractivity contribution >= 4 is 21.4 Å². The molecule has 8 N–H and O–H groups in total. The van der Waals surface area contributed by atoms with Crippen LogP contribution in [0.5, 0.6) is 34.5 Å². The molecule has 0 amide bonds. The summed E-state index contributed by atoms with van der Waals surface area (Å²) in [6.07, 6.45) is -8.91. The van der Waals surface area contributed by atoms with Gasteiger partial charge in [-0.2, -0.15) is 8.42 Å². The third kappa shape index (κ3) is 5.23. The fourth-order valence-corrected chi connectivity index (χ4v) is 4.24. The molecule has 0 aliphatic carbocycles. The Morgan fingerprint density at radius 2 is 1.67 bits per heavy atom. The Morgan fingerprint density at radius 1 is 0.974 bits per heavy atom. The first kappa shape index (κ1) is 28.2. The van der Waals surface area contributed by atoms with E-state index >= 15 is 0 Å². The van der Waals surface area contributed by atoms with Gasteiger partial charge in [-0.3, -0.25) is 9.35 Å². The molecule has 2 unspecified atom stereocenters. The van der Waals surface area contributed by atoms with Crippen LogP contribution < -0.4 is 19.1 Å². The van der Waals surface area contributed by atoms with Crippen molar-refractivity contribution < 1.29 is 71.5 Å². The van der Waals surface area contributed by atoms with Crippen LogP contribution in [0.1, 0.15) is 0 Å². The second kappa shape index (κ2) is 10.4. The number of methoxy groups -OCH3 is 1. The fourth-order valence-electron chi connectivity index (χ4n) is 3.89. The first-order valence-corrected chi connectivity index (χ1v) is 12.2. The number of rotatable bonds is 7. The molecule has 0 saturated carbocycles. The number of aliphatic hydroxyl groups excluding tert-OH is 4. The smallest absolute Gasteiger partial charge is 0.446 e. The van der Waals surface area contributed by atoms with Gasteiger partial charge in [0.25, 0.3) is 0 Å². The van der Waals surface area contributed by atoms with Gasteiger partial charge in [0.15, 0.2) is 28.8 Å². The van der Waals surface area contributed by atoms with Gasteiger partial charge < -0.3 is 58.6 Å². The van der Waals surface area contributed by atoms with E-state index in [4.69, 9.17) is 23.2 Å². The summed E-state index contributed by atoms with van der Waals surface area (Å²) in [5.74, 6) is -5.04. The zero-order valence-corrected chi connectivity index (χ0v) is 20.5. The molecule has 1 aliphatic rings. The SMILES string of the molecule is COc1c(OS(=O)(=O)O)cc2oc(-c3ccc(O)c(O)c3)c(O[C@@H]3O[C@H](CO)[C@@H](O)C(O)C3O)c(=O)c2c1O. The van der Waals surface area contributed by atoms with Crippen molar-refractivity contribution in [3.05, 3.63) is 34.5 Å². The van der Waals surface area contributed by atoms with Crippen molar-refractivity contribution in [2.24, 2.45) is 0 Å². The van der Waals surface area contributed by atoms with Crippen LogP contribution in [-0.2, 0) is 15.1 Å². The van der Waals surface area contributed by atoms with E-state index in [2.05, 4.69) is 4.18 Å². The summed E-state index contributed by atoms with van der Waals surface area (Å²) >= 11 is 0. The lowest BCUT2D eigenvalue weighted by Gasteiger charge is -2.39. The minimum absolute atomic E-state index is 0.128. The molecule has 5 atom stereocenters. The van der Waals surface area contributed by atoms with Gasteiger partial charge >= 0.3 is 10.4 Å². The van der Waals surface area contributed by atoms with E-state index in [1.807, 2.05) is 0 Å². The van der Waals surface area contributed by atoms with Crippen LogP contribution in [-0.4, -0.2) is 93.1 Å². The zero-order chi connectivity index (χ0) is 28.8. The molecule has 1 aromatic heterocycles. The topological polar surface area (TPSA) is 263 Å². The highest BCUT2D eigenvalue weighted by Gasteiger charge is 2.45. The largest absolute Gasteiger partial charge is 0.504 e. The summed E-state index contributed by atoms with van der Waals surface area (Å²) in [5, 5.41) is 69.7. The molecule has 1 aliphatic heterocycles. The molecule has 1 saturated heterocycles. The highest BCUT2D eigenvalue weighted by atomic mass is 32.3. The average molecular weight is 574 g/mol. The van der Waals surface area contributed by atoms with Gasteiger partial charge in [-0.1, -0.05) is 0 Å². The summed E-state index contributed by atoms with van der Waals surface area (Å²) in [5.41, 5.74) is -1.85. The number of fused-ring (bicyclic) bond motifs is 1. The van der Waals surface area contributed by atoms with Crippen LogP contribution >= 0.6 is 0 Å². The Balaban J connectivity index is 1.99. The Labute approximate surface area is 218 Å². The molecule has 39 heavy (non-hydrogen) atoms. The molecule has 0 bridgehead atoms. The number of phenolic OH excluding ortho intramolecular Hbond substituents is 3. The Morgan fingerprint density at radius 3 is 2.26 bits per heavy atom. The maximum absolute atomic E-state index is 13.6. The maximum atomic E-state index is 13.6. The lowest BCUT2D eigenvalue weighted by atomic mass is 9.99. The minimum atomic E-state index is -5.13. The molecular formula is C22H22O16S. The highest BCUT2D eigenvalue weighted by Crippen LogP contribution is 2.45. The van der Waals surface area contributed by atoms with Gasteiger partial charge in [0, 0.05) is 11.6 Å². The van der Waals surface area contributed by atoms with E-state index in [1.165, 1.54) is 0 Å². The summed E-state index contributed by atoms with van der Waals surface area (Å²) in [6, 6.07) is 3.91. The number of aliphatic hydroxyl groups is 4. The van der Waals surface area contributed by atoms with E-state index in [9.17, 15) is 49.0 Å². The lowest BCUT2D eigenvalue weighted by molar-refractivity contribution is -0.277. The predicted molar refractivity (Wildman–Crippen MR) is 126 cm³/mol. The highest BCUT2D eigenvalue weighted by molar-refractivity contribution is 7.81. The van der Waals surface area contributed by atoms with Crippen molar-refractivity contribution in [1.82, 2.24) is 0 Å². The maximum Gasteiger partial charge on any atom is 0.446 e. The number of hydrogen-bond acceptors (Lipinski definition) is 15. The van der Waals surface area contributed by atoms with Gasteiger partial charge in [-0.25, -0.2) is 0 Å². The van der Waals surface area contributed by atoms with E-state index in [0.717, 1.165) is 31.4 Å². The predicted octanol–water partition coefficient (Wildman–Crippen LogP) is -1.05. The summed E-state index contributed by atoms with van der Waals surface area (Å²) in [7, 11) is -4.15. The number of ether oxygens (including phenoxy) is 3. The fraction of sp³-hybridized carbons (Fsp3) is 0.318. The van der Waals surface area contributed by atoms with Crippen molar-refractivity contribution in [3.63, 3.8) is 0 Å². The normalized spacial score (nSPS) is 23.5. The Hall–Kier alpha value is -3.84. The Kier molecular flexibility index (Phi) is 7.50. The molecule has 1 fully saturated rings. The lowest BCUT2D eigenvalue weighted by Crippen LogP contribution is -2.60. The quantitative estimate of drug-likeness (QED) is 0.123. The summed E-state index contributed by atoms with van der Waals surface area (Å²) < 4.78 is 57.4. The summed E-state index contributed by atoms with van der Waals surface area (Å²) in [4.78, 5) is 13.6. The van der Waals surface area contributed by atoms with Crippen LogP contribution in [0.4, 0.5) is 0 Å². The van der Waals surface area contributed by atoms with Gasteiger partial charge in [0.2, 0.25) is 23.2 Å². The summed E-state index contributed by atoms with van der Waals surface area (Å²) in [6.45, 7) is -0.815.